The molecule has 1 heteroatoms. The van der Waals surface area contributed by atoms with Crippen molar-refractivity contribution in [1.82, 2.24) is 0 Å². The van der Waals surface area contributed by atoms with E-state index >= 15 is 0 Å². The summed E-state index contributed by atoms with van der Waals surface area (Å²) in [6.45, 7) is 0. The first-order chi connectivity index (χ1) is 9.84. The number of allylic oxidation sites excluding steroid dienone is 2. The summed E-state index contributed by atoms with van der Waals surface area (Å²) in [7, 11) is 0. The van der Waals surface area contributed by atoms with Gasteiger partial charge >= 0.3 is 128 Å². The number of rotatable bonds is 2. The van der Waals surface area contributed by atoms with Crippen molar-refractivity contribution in [2.45, 2.75) is 7.35 Å². The van der Waals surface area contributed by atoms with Gasteiger partial charge in [-0.2, -0.15) is 0 Å². The molecule has 0 saturated carbocycles. The summed E-state index contributed by atoms with van der Waals surface area (Å²) in [5.41, 5.74) is 5.84. The van der Waals surface area contributed by atoms with E-state index < -0.39 is 21.0 Å². The van der Waals surface area contributed by atoms with E-state index in [-0.39, 0.29) is 0 Å². The second-order valence-electron chi connectivity index (χ2n) is 5.51. The molecule has 2 atom stereocenters. The summed E-state index contributed by atoms with van der Waals surface area (Å²) in [6.07, 6.45) is 9.41. The van der Waals surface area contributed by atoms with E-state index in [1.54, 1.807) is 0 Å². The van der Waals surface area contributed by atoms with Crippen LogP contribution in [0.25, 0.3) is 12.2 Å². The first-order valence-electron chi connectivity index (χ1n) is 7.07. The van der Waals surface area contributed by atoms with Gasteiger partial charge in [-0.15, -0.1) is 0 Å². The SMILES string of the molecule is [CH2]=[Hf]([CH]1C=Cc2ccccc21)[CH]1C=Cc2ccccc21. The number of benzene rings is 2. The molecule has 0 N–H and O–H groups in total. The van der Waals surface area contributed by atoms with E-state index in [1.165, 1.54) is 22.3 Å². The van der Waals surface area contributed by atoms with Crippen LogP contribution < -0.4 is 0 Å². The fourth-order valence-corrected chi connectivity index (χ4v) is 12.0. The van der Waals surface area contributed by atoms with Gasteiger partial charge in [0.1, 0.15) is 0 Å². The van der Waals surface area contributed by atoms with Crippen molar-refractivity contribution in [2.75, 3.05) is 0 Å². The molecule has 2 unspecified atom stereocenters. The fourth-order valence-electron chi connectivity index (χ4n) is 3.34. The number of fused-ring (bicyclic) bond motifs is 2. The standard InChI is InChI=1S/2C9H7.CH2.Hf/c2*1-2-5-9-7-3-6-8(9)4-1;;/h2*1-7H;1H2;. The molecular formula is C19H16Hf. The zero-order chi connectivity index (χ0) is 13.5. The van der Waals surface area contributed by atoms with Gasteiger partial charge in [0.25, 0.3) is 0 Å². The van der Waals surface area contributed by atoms with E-state index in [2.05, 4.69) is 72.8 Å². The molecular weight excluding hydrogens is 407 g/mol. The molecule has 2 aromatic carbocycles. The third kappa shape index (κ3) is 1.88. The van der Waals surface area contributed by atoms with E-state index in [0.29, 0.717) is 7.35 Å². The molecule has 0 radical (unpaired) electrons. The third-order valence-electron chi connectivity index (χ3n) is 4.40. The van der Waals surface area contributed by atoms with Crippen LogP contribution in [0.5, 0.6) is 0 Å². The van der Waals surface area contributed by atoms with E-state index in [9.17, 15) is 0 Å². The first kappa shape index (κ1) is 12.4. The fraction of sp³-hybridized carbons (Fsp3) is 0.105. The zero-order valence-electron chi connectivity index (χ0n) is 11.3. The summed E-state index contributed by atoms with van der Waals surface area (Å²) in [5.74, 6) is 0. The Morgan fingerprint density at radius 3 is 1.65 bits per heavy atom. The van der Waals surface area contributed by atoms with Crippen LogP contribution >= 0.6 is 0 Å². The van der Waals surface area contributed by atoms with Crippen LogP contribution in [-0.4, -0.2) is 4.26 Å². The van der Waals surface area contributed by atoms with Gasteiger partial charge in [0.2, 0.25) is 0 Å². The molecule has 2 aliphatic rings. The number of hydrogen-bond acceptors (Lipinski definition) is 0. The van der Waals surface area contributed by atoms with Gasteiger partial charge in [0, 0.05) is 0 Å². The van der Waals surface area contributed by atoms with Crippen molar-refractivity contribution in [3.63, 3.8) is 0 Å². The van der Waals surface area contributed by atoms with E-state index in [1.807, 2.05) is 0 Å². The molecule has 96 valence electrons. The van der Waals surface area contributed by atoms with Crippen LogP contribution in [0.3, 0.4) is 0 Å². The Kier molecular flexibility index (Phi) is 3.03. The van der Waals surface area contributed by atoms with Gasteiger partial charge in [-0.05, 0) is 0 Å². The average molecular weight is 423 g/mol. The van der Waals surface area contributed by atoms with Gasteiger partial charge < -0.3 is 0 Å². The molecule has 0 aliphatic heterocycles. The van der Waals surface area contributed by atoms with Crippen LogP contribution in [0, 0.1) is 0 Å². The Morgan fingerprint density at radius 1 is 0.700 bits per heavy atom. The normalized spacial score (nSPS) is 21.8. The summed E-state index contributed by atoms with van der Waals surface area (Å²) in [4.78, 5) is 0. The summed E-state index contributed by atoms with van der Waals surface area (Å²) in [5, 5.41) is 0. The van der Waals surface area contributed by atoms with Crippen LogP contribution in [0.4, 0.5) is 0 Å². The minimum absolute atomic E-state index is 0.636. The molecule has 4 rings (SSSR count). The predicted octanol–water partition coefficient (Wildman–Crippen LogP) is 4.57. The van der Waals surface area contributed by atoms with Crippen LogP contribution in [0.2, 0.25) is 0 Å². The minimum atomic E-state index is -2.03. The summed E-state index contributed by atoms with van der Waals surface area (Å²) in [6, 6.07) is 17.6. The predicted molar refractivity (Wildman–Crippen MR) is 83.6 cm³/mol. The molecule has 2 aromatic rings. The zero-order valence-corrected chi connectivity index (χ0v) is 14.9. The van der Waals surface area contributed by atoms with Gasteiger partial charge in [-0.25, -0.2) is 0 Å². The topological polar surface area (TPSA) is 0 Å². The molecule has 0 saturated heterocycles. The van der Waals surface area contributed by atoms with Gasteiger partial charge in [-0.3, -0.25) is 0 Å². The van der Waals surface area contributed by atoms with Gasteiger partial charge in [-0.1, -0.05) is 0 Å². The van der Waals surface area contributed by atoms with E-state index in [4.69, 9.17) is 4.26 Å². The van der Waals surface area contributed by atoms with Crippen LogP contribution in [0.1, 0.15) is 29.6 Å². The Bertz CT molecular complexity index is 688. The van der Waals surface area contributed by atoms with Crippen LogP contribution in [-0.2, 0) is 21.0 Å². The number of hydrogen-bond donors (Lipinski definition) is 0. The second-order valence-corrected chi connectivity index (χ2v) is 14.1. The molecule has 0 nitrogen and oxygen atoms in total. The van der Waals surface area contributed by atoms with Crippen molar-refractivity contribution in [3.05, 3.63) is 82.9 Å². The van der Waals surface area contributed by atoms with Crippen molar-refractivity contribution in [2.24, 2.45) is 0 Å². The molecule has 0 fully saturated rings. The average Bonchev–Trinajstić information content (AvgIpc) is 3.11. The molecule has 2 aliphatic carbocycles. The van der Waals surface area contributed by atoms with Crippen molar-refractivity contribution in [3.8, 4) is 0 Å². The maximum absolute atomic E-state index is 4.71. The Labute approximate surface area is 127 Å². The Balaban J connectivity index is 1.71. The van der Waals surface area contributed by atoms with Crippen molar-refractivity contribution >= 4 is 16.4 Å². The molecule has 0 amide bonds. The van der Waals surface area contributed by atoms with Gasteiger partial charge in [0.05, 0.1) is 0 Å². The van der Waals surface area contributed by atoms with Crippen LogP contribution in [0.15, 0.2) is 60.7 Å². The molecule has 20 heavy (non-hydrogen) atoms. The Hall–Kier alpha value is -1.34. The molecule has 0 bridgehead atoms. The Morgan fingerprint density at radius 2 is 1.15 bits per heavy atom. The van der Waals surface area contributed by atoms with E-state index in [0.717, 1.165) is 0 Å². The first-order valence-corrected chi connectivity index (χ1v) is 13.8. The quantitative estimate of drug-likeness (QED) is 0.622. The molecule has 0 aromatic heterocycles. The van der Waals surface area contributed by atoms with Gasteiger partial charge in [0.15, 0.2) is 0 Å². The molecule has 0 heterocycles. The van der Waals surface area contributed by atoms with Crippen molar-refractivity contribution < 1.29 is 21.0 Å². The van der Waals surface area contributed by atoms with Crippen molar-refractivity contribution in [1.29, 1.82) is 0 Å². The summed E-state index contributed by atoms with van der Waals surface area (Å²) < 4.78 is 5.98. The maximum atomic E-state index is 4.71. The monoisotopic (exact) mass is 424 g/mol. The third-order valence-corrected chi connectivity index (χ3v) is 13.8. The molecule has 0 spiro atoms. The second kappa shape index (κ2) is 4.89. The summed E-state index contributed by atoms with van der Waals surface area (Å²) >= 11 is -2.03.